The summed E-state index contributed by atoms with van der Waals surface area (Å²) in [7, 11) is 0. The monoisotopic (exact) mass is 304 g/mol. The Morgan fingerprint density at radius 1 is 1.41 bits per heavy atom. The van der Waals surface area contributed by atoms with Crippen LogP contribution in [0.2, 0.25) is 0 Å². The zero-order chi connectivity index (χ0) is 15.4. The maximum Gasteiger partial charge on any atom is 0.271 e. The van der Waals surface area contributed by atoms with Crippen LogP contribution in [-0.2, 0) is 4.74 Å². The highest BCUT2D eigenvalue weighted by molar-refractivity contribution is 5.93. The molecule has 3 heterocycles. The number of furan rings is 1. The first-order valence-electron chi connectivity index (χ1n) is 7.43. The van der Waals surface area contributed by atoms with Crippen LogP contribution in [0.5, 0.6) is 0 Å². The van der Waals surface area contributed by atoms with Crippen LogP contribution in [-0.4, -0.2) is 60.4 Å². The van der Waals surface area contributed by atoms with Gasteiger partial charge in [-0.3, -0.25) is 14.8 Å². The molecule has 2 aromatic rings. The molecule has 1 amide bonds. The highest BCUT2D eigenvalue weighted by Gasteiger charge is 2.14. The molecular weight excluding hydrogens is 284 g/mol. The first kappa shape index (κ1) is 14.8. The van der Waals surface area contributed by atoms with Gasteiger partial charge in [0.05, 0.1) is 13.2 Å². The third-order valence-electron chi connectivity index (χ3n) is 3.63. The quantitative estimate of drug-likeness (QED) is 0.862. The molecule has 22 heavy (non-hydrogen) atoms. The number of amides is 1. The van der Waals surface area contributed by atoms with E-state index in [1.165, 1.54) is 0 Å². The topological polar surface area (TPSA) is 83.4 Å². The number of rotatable bonds is 5. The largest absolute Gasteiger partial charge is 0.460 e. The fourth-order valence-corrected chi connectivity index (χ4v) is 2.39. The van der Waals surface area contributed by atoms with E-state index in [9.17, 15) is 4.79 Å². The number of H-pyrrole nitrogens is 1. The Hall–Kier alpha value is -2.12. The van der Waals surface area contributed by atoms with Crippen LogP contribution in [0.4, 0.5) is 0 Å². The Labute approximate surface area is 128 Å². The summed E-state index contributed by atoms with van der Waals surface area (Å²) in [5.41, 5.74) is 1.07. The zero-order valence-corrected chi connectivity index (χ0v) is 12.6. The second kappa shape index (κ2) is 6.76. The Kier molecular flexibility index (Phi) is 4.55. The first-order valence-corrected chi connectivity index (χ1v) is 7.43. The first-order chi connectivity index (χ1) is 10.7. The van der Waals surface area contributed by atoms with E-state index in [2.05, 4.69) is 20.4 Å². The molecule has 0 atom stereocenters. The molecule has 0 unspecified atom stereocenters. The zero-order valence-electron chi connectivity index (χ0n) is 12.6. The molecule has 0 spiro atoms. The third-order valence-corrected chi connectivity index (χ3v) is 3.63. The van der Waals surface area contributed by atoms with E-state index >= 15 is 0 Å². The van der Waals surface area contributed by atoms with Gasteiger partial charge in [-0.2, -0.15) is 5.10 Å². The van der Waals surface area contributed by atoms with Gasteiger partial charge < -0.3 is 14.5 Å². The van der Waals surface area contributed by atoms with Crippen molar-refractivity contribution >= 4 is 5.91 Å². The fourth-order valence-electron chi connectivity index (χ4n) is 2.39. The van der Waals surface area contributed by atoms with E-state index in [0.29, 0.717) is 23.7 Å². The van der Waals surface area contributed by atoms with Gasteiger partial charge in [-0.25, -0.2) is 0 Å². The van der Waals surface area contributed by atoms with Crippen LogP contribution in [0.15, 0.2) is 22.6 Å². The number of nitrogens with one attached hydrogen (secondary N) is 2. The van der Waals surface area contributed by atoms with E-state index in [4.69, 9.17) is 9.15 Å². The third kappa shape index (κ3) is 3.55. The van der Waals surface area contributed by atoms with Crippen LogP contribution in [0, 0.1) is 6.92 Å². The highest BCUT2D eigenvalue weighted by Crippen LogP contribution is 2.20. The number of hydrogen-bond donors (Lipinski definition) is 2. The van der Waals surface area contributed by atoms with E-state index in [1.54, 1.807) is 6.07 Å². The lowest BCUT2D eigenvalue weighted by atomic mass is 10.3. The molecule has 0 aromatic carbocycles. The van der Waals surface area contributed by atoms with Crippen molar-refractivity contribution in [2.45, 2.75) is 6.92 Å². The van der Waals surface area contributed by atoms with Gasteiger partial charge in [0, 0.05) is 32.2 Å². The van der Waals surface area contributed by atoms with Gasteiger partial charge in [-0.05, 0) is 19.1 Å². The summed E-state index contributed by atoms with van der Waals surface area (Å²) in [4.78, 5) is 14.3. The predicted molar refractivity (Wildman–Crippen MR) is 80.6 cm³/mol. The number of aromatic nitrogens is 2. The van der Waals surface area contributed by atoms with Crippen LogP contribution < -0.4 is 5.32 Å². The molecule has 7 heteroatoms. The minimum absolute atomic E-state index is 0.181. The van der Waals surface area contributed by atoms with Gasteiger partial charge in [0.15, 0.2) is 11.5 Å². The van der Waals surface area contributed by atoms with E-state index < -0.39 is 0 Å². The number of carbonyl (C=O) groups excluding carboxylic acids is 1. The Morgan fingerprint density at radius 3 is 2.95 bits per heavy atom. The molecule has 0 radical (unpaired) electrons. The van der Waals surface area contributed by atoms with Crippen molar-refractivity contribution in [3.63, 3.8) is 0 Å². The molecular formula is C15H20N4O3. The van der Waals surface area contributed by atoms with Crippen LogP contribution >= 0.6 is 0 Å². The van der Waals surface area contributed by atoms with Crippen molar-refractivity contribution in [1.29, 1.82) is 0 Å². The molecule has 2 aromatic heterocycles. The Bertz CT molecular complexity index is 628. The molecule has 1 saturated heterocycles. The summed E-state index contributed by atoms with van der Waals surface area (Å²) in [6.07, 6.45) is 0. The fraction of sp³-hybridized carbons (Fsp3) is 0.467. The maximum absolute atomic E-state index is 12.1. The Balaban J connectivity index is 1.51. The summed E-state index contributed by atoms with van der Waals surface area (Å²) in [5, 5.41) is 9.74. The summed E-state index contributed by atoms with van der Waals surface area (Å²) < 4.78 is 10.8. The van der Waals surface area contributed by atoms with Crippen LogP contribution in [0.1, 0.15) is 16.2 Å². The van der Waals surface area contributed by atoms with Crippen molar-refractivity contribution in [1.82, 2.24) is 20.4 Å². The number of aromatic amines is 1. The lowest BCUT2D eigenvalue weighted by Crippen LogP contribution is -2.41. The summed E-state index contributed by atoms with van der Waals surface area (Å²) in [6.45, 7) is 6.66. The van der Waals surface area contributed by atoms with Gasteiger partial charge in [0.25, 0.3) is 5.91 Å². The van der Waals surface area contributed by atoms with Crippen molar-refractivity contribution in [2.75, 3.05) is 39.4 Å². The number of aryl methyl sites for hydroxylation is 1. The Morgan fingerprint density at radius 2 is 2.23 bits per heavy atom. The predicted octanol–water partition coefficient (Wildman–Crippen LogP) is 1.04. The van der Waals surface area contributed by atoms with E-state index in [1.807, 2.05) is 19.1 Å². The smallest absolute Gasteiger partial charge is 0.271 e. The van der Waals surface area contributed by atoms with Gasteiger partial charge >= 0.3 is 0 Å². The SMILES string of the molecule is Cc1ccc(-c2cc(C(=O)NCCN3CCOCC3)n[nH]2)o1. The van der Waals surface area contributed by atoms with E-state index in [-0.39, 0.29) is 5.91 Å². The van der Waals surface area contributed by atoms with Crippen molar-refractivity contribution in [3.05, 3.63) is 29.7 Å². The average molecular weight is 304 g/mol. The van der Waals surface area contributed by atoms with Gasteiger partial charge in [0.2, 0.25) is 0 Å². The molecule has 1 aliphatic heterocycles. The summed E-state index contributed by atoms with van der Waals surface area (Å²) in [6, 6.07) is 5.42. The number of morpholine rings is 1. The molecule has 3 rings (SSSR count). The standard InChI is InChI=1S/C15H20N4O3/c1-11-2-3-14(22-11)12-10-13(18-17-12)15(20)16-4-5-19-6-8-21-9-7-19/h2-3,10H,4-9H2,1H3,(H,16,20)(H,17,18). The van der Waals surface area contributed by atoms with Crippen molar-refractivity contribution in [3.8, 4) is 11.5 Å². The normalized spacial score (nSPS) is 15.9. The van der Waals surface area contributed by atoms with Gasteiger partial charge in [-0.1, -0.05) is 0 Å². The minimum atomic E-state index is -0.181. The average Bonchev–Trinajstić information content (AvgIpc) is 3.17. The number of hydrogen-bond acceptors (Lipinski definition) is 5. The van der Waals surface area contributed by atoms with Crippen LogP contribution in [0.3, 0.4) is 0 Å². The molecule has 2 N–H and O–H groups in total. The summed E-state index contributed by atoms with van der Waals surface area (Å²) >= 11 is 0. The lowest BCUT2D eigenvalue weighted by Gasteiger charge is -2.26. The number of carbonyl (C=O) groups is 1. The highest BCUT2D eigenvalue weighted by atomic mass is 16.5. The second-order valence-electron chi connectivity index (χ2n) is 5.29. The minimum Gasteiger partial charge on any atom is -0.460 e. The van der Waals surface area contributed by atoms with E-state index in [0.717, 1.165) is 38.6 Å². The molecule has 1 aliphatic rings. The second-order valence-corrected chi connectivity index (χ2v) is 5.29. The summed E-state index contributed by atoms with van der Waals surface area (Å²) in [5.74, 6) is 1.32. The molecule has 0 aliphatic carbocycles. The van der Waals surface area contributed by atoms with Crippen molar-refractivity contribution < 1.29 is 13.9 Å². The molecule has 7 nitrogen and oxygen atoms in total. The molecule has 0 saturated carbocycles. The molecule has 118 valence electrons. The molecule has 1 fully saturated rings. The number of nitrogens with zero attached hydrogens (tertiary/aromatic N) is 2. The lowest BCUT2D eigenvalue weighted by molar-refractivity contribution is 0.0383. The van der Waals surface area contributed by atoms with Gasteiger partial charge in [0.1, 0.15) is 11.5 Å². The van der Waals surface area contributed by atoms with Crippen molar-refractivity contribution in [2.24, 2.45) is 0 Å². The van der Waals surface area contributed by atoms with Gasteiger partial charge in [-0.15, -0.1) is 0 Å². The van der Waals surface area contributed by atoms with Crippen LogP contribution in [0.25, 0.3) is 11.5 Å². The number of ether oxygens (including phenoxy) is 1. The maximum atomic E-state index is 12.1. The molecule has 0 bridgehead atoms.